The third-order valence-electron chi connectivity index (χ3n) is 3.83. The molecule has 5 nitrogen and oxygen atoms in total. The maximum Gasteiger partial charge on any atom is 0.243 e. The Bertz CT molecular complexity index is 806. The number of anilines is 1. The predicted molar refractivity (Wildman–Crippen MR) is 82.0 cm³/mol. The van der Waals surface area contributed by atoms with E-state index in [1.54, 1.807) is 0 Å². The summed E-state index contributed by atoms with van der Waals surface area (Å²) >= 11 is 0. The van der Waals surface area contributed by atoms with E-state index in [2.05, 4.69) is 38.9 Å². The Hall–Kier alpha value is -2.40. The monoisotopic (exact) mass is 279 g/mol. The van der Waals surface area contributed by atoms with Crippen molar-refractivity contribution in [2.24, 2.45) is 0 Å². The molecule has 0 spiro atoms. The summed E-state index contributed by atoms with van der Waals surface area (Å²) in [5, 5.41) is 11.1. The van der Waals surface area contributed by atoms with E-state index in [0.717, 1.165) is 25.3 Å². The molecule has 0 amide bonds. The van der Waals surface area contributed by atoms with Gasteiger partial charge >= 0.3 is 0 Å². The van der Waals surface area contributed by atoms with Gasteiger partial charge in [-0.1, -0.05) is 24.3 Å². The Morgan fingerprint density at radius 2 is 2.10 bits per heavy atom. The largest absolute Gasteiger partial charge is 0.349 e. The van der Waals surface area contributed by atoms with Crippen LogP contribution in [0.1, 0.15) is 22.3 Å². The maximum absolute atomic E-state index is 4.47. The topological polar surface area (TPSA) is 54.2 Å². The van der Waals surface area contributed by atoms with Crippen molar-refractivity contribution >= 4 is 11.6 Å². The number of aryl methyl sites for hydroxylation is 1. The van der Waals surface area contributed by atoms with Gasteiger partial charge in [-0.15, -0.1) is 5.10 Å². The molecule has 0 atom stereocenters. The highest BCUT2D eigenvalue weighted by Gasteiger charge is 2.10. The summed E-state index contributed by atoms with van der Waals surface area (Å²) in [4.78, 5) is 4.47. The molecule has 0 saturated heterocycles. The summed E-state index contributed by atoms with van der Waals surface area (Å²) in [5.41, 5.74) is 6.09. The molecule has 0 aliphatic carbocycles. The number of fused-ring (bicyclic) bond motifs is 2. The first-order valence-electron chi connectivity index (χ1n) is 7.16. The molecule has 106 valence electrons. The molecule has 0 bridgehead atoms. The second-order valence-corrected chi connectivity index (χ2v) is 5.50. The number of hydrogen-bond acceptors (Lipinski definition) is 4. The zero-order chi connectivity index (χ0) is 14.2. The number of rotatable bonds is 3. The van der Waals surface area contributed by atoms with Gasteiger partial charge in [-0.2, -0.15) is 4.98 Å². The SMILES string of the molecule is Cc1ccc2nc(NCc3ccc4c(c3)CNC4)nn2c1. The molecular weight excluding hydrogens is 262 g/mol. The number of nitrogens with one attached hydrogen (secondary N) is 2. The van der Waals surface area contributed by atoms with Gasteiger partial charge in [0.15, 0.2) is 5.65 Å². The first-order chi connectivity index (χ1) is 10.3. The van der Waals surface area contributed by atoms with Crippen LogP contribution in [0.25, 0.3) is 5.65 Å². The van der Waals surface area contributed by atoms with Gasteiger partial charge in [-0.25, -0.2) is 4.52 Å². The van der Waals surface area contributed by atoms with E-state index in [1.807, 2.05) is 29.8 Å². The van der Waals surface area contributed by atoms with Crippen molar-refractivity contribution in [2.45, 2.75) is 26.6 Å². The van der Waals surface area contributed by atoms with E-state index in [4.69, 9.17) is 0 Å². The quantitative estimate of drug-likeness (QED) is 0.772. The van der Waals surface area contributed by atoms with E-state index in [0.29, 0.717) is 5.95 Å². The molecular formula is C16H17N5. The second kappa shape index (κ2) is 4.86. The van der Waals surface area contributed by atoms with Crippen LogP contribution < -0.4 is 10.6 Å². The van der Waals surface area contributed by atoms with Crippen LogP contribution in [0.15, 0.2) is 36.5 Å². The molecule has 2 aromatic heterocycles. The fraction of sp³-hybridized carbons (Fsp3) is 0.250. The van der Waals surface area contributed by atoms with Gasteiger partial charge in [0.1, 0.15) is 0 Å². The number of pyridine rings is 1. The molecule has 4 rings (SSSR count). The predicted octanol–water partition coefficient (Wildman–Crippen LogP) is 2.25. The number of aromatic nitrogens is 3. The molecule has 2 N–H and O–H groups in total. The van der Waals surface area contributed by atoms with Gasteiger partial charge in [0.25, 0.3) is 0 Å². The molecule has 3 heterocycles. The standard InChI is InChI=1S/C16H17N5/c1-11-2-5-15-19-16(20-21(15)10-11)18-7-12-3-4-13-8-17-9-14(13)6-12/h2-6,10,17H,7-9H2,1H3,(H,18,20). The number of nitrogens with zero attached hydrogens (tertiary/aromatic N) is 3. The highest BCUT2D eigenvalue weighted by atomic mass is 15.3. The Morgan fingerprint density at radius 3 is 3.05 bits per heavy atom. The lowest BCUT2D eigenvalue weighted by molar-refractivity contribution is 0.764. The lowest BCUT2D eigenvalue weighted by Crippen LogP contribution is -2.02. The highest BCUT2D eigenvalue weighted by Crippen LogP contribution is 2.17. The average Bonchev–Trinajstić information content (AvgIpc) is 3.09. The summed E-state index contributed by atoms with van der Waals surface area (Å²) in [6.07, 6.45) is 1.98. The molecule has 3 aromatic rings. The normalized spacial score (nSPS) is 13.6. The van der Waals surface area contributed by atoms with Crippen molar-refractivity contribution < 1.29 is 0 Å². The summed E-state index contributed by atoms with van der Waals surface area (Å²) in [6.45, 7) is 4.74. The van der Waals surface area contributed by atoms with Crippen LogP contribution >= 0.6 is 0 Å². The zero-order valence-corrected chi connectivity index (χ0v) is 11.9. The van der Waals surface area contributed by atoms with Crippen LogP contribution in [0.2, 0.25) is 0 Å². The fourth-order valence-electron chi connectivity index (χ4n) is 2.70. The van der Waals surface area contributed by atoms with Crippen molar-refractivity contribution in [2.75, 3.05) is 5.32 Å². The van der Waals surface area contributed by atoms with Crippen LogP contribution in [0.5, 0.6) is 0 Å². The molecule has 1 aliphatic heterocycles. The summed E-state index contributed by atoms with van der Waals surface area (Å²) in [7, 11) is 0. The molecule has 21 heavy (non-hydrogen) atoms. The Balaban J connectivity index is 1.52. The molecule has 0 fully saturated rings. The lowest BCUT2D eigenvalue weighted by atomic mass is 10.1. The molecule has 1 aromatic carbocycles. The third-order valence-corrected chi connectivity index (χ3v) is 3.83. The van der Waals surface area contributed by atoms with Crippen molar-refractivity contribution in [3.05, 3.63) is 58.8 Å². The van der Waals surface area contributed by atoms with Gasteiger partial charge in [0, 0.05) is 25.8 Å². The van der Waals surface area contributed by atoms with E-state index in [-0.39, 0.29) is 0 Å². The Morgan fingerprint density at radius 1 is 1.19 bits per heavy atom. The fourth-order valence-corrected chi connectivity index (χ4v) is 2.70. The minimum absolute atomic E-state index is 0.666. The zero-order valence-electron chi connectivity index (χ0n) is 11.9. The smallest absolute Gasteiger partial charge is 0.243 e. The summed E-state index contributed by atoms with van der Waals surface area (Å²) in [5.74, 6) is 0.666. The van der Waals surface area contributed by atoms with Crippen LogP contribution in [0, 0.1) is 6.92 Å². The van der Waals surface area contributed by atoms with E-state index in [9.17, 15) is 0 Å². The lowest BCUT2D eigenvalue weighted by Gasteiger charge is -2.04. The summed E-state index contributed by atoms with van der Waals surface area (Å²) in [6, 6.07) is 10.6. The summed E-state index contributed by atoms with van der Waals surface area (Å²) < 4.78 is 1.81. The molecule has 0 radical (unpaired) electrons. The van der Waals surface area contributed by atoms with E-state index in [1.165, 1.54) is 22.3 Å². The van der Waals surface area contributed by atoms with Gasteiger partial charge in [0.2, 0.25) is 5.95 Å². The molecule has 0 unspecified atom stereocenters. The van der Waals surface area contributed by atoms with Gasteiger partial charge in [0.05, 0.1) is 0 Å². The van der Waals surface area contributed by atoms with E-state index >= 15 is 0 Å². The second-order valence-electron chi connectivity index (χ2n) is 5.50. The van der Waals surface area contributed by atoms with Crippen molar-refractivity contribution in [3.63, 3.8) is 0 Å². The third kappa shape index (κ3) is 2.36. The van der Waals surface area contributed by atoms with Gasteiger partial charge in [-0.05, 0) is 35.2 Å². The number of benzene rings is 1. The van der Waals surface area contributed by atoms with Crippen LogP contribution in [0.3, 0.4) is 0 Å². The first kappa shape index (κ1) is 12.3. The Labute approximate surface area is 123 Å². The minimum atomic E-state index is 0.666. The van der Waals surface area contributed by atoms with Gasteiger partial charge in [-0.3, -0.25) is 0 Å². The molecule has 1 aliphatic rings. The molecule has 0 saturated carbocycles. The first-order valence-corrected chi connectivity index (χ1v) is 7.16. The van der Waals surface area contributed by atoms with Crippen LogP contribution in [-0.2, 0) is 19.6 Å². The number of hydrogen-bond donors (Lipinski definition) is 2. The van der Waals surface area contributed by atoms with Crippen molar-refractivity contribution in [1.82, 2.24) is 19.9 Å². The minimum Gasteiger partial charge on any atom is -0.349 e. The van der Waals surface area contributed by atoms with E-state index < -0.39 is 0 Å². The highest BCUT2D eigenvalue weighted by molar-refractivity contribution is 5.44. The molecule has 5 heteroatoms. The van der Waals surface area contributed by atoms with Crippen LogP contribution in [-0.4, -0.2) is 14.6 Å². The average molecular weight is 279 g/mol. The van der Waals surface area contributed by atoms with Crippen molar-refractivity contribution in [3.8, 4) is 0 Å². The van der Waals surface area contributed by atoms with Crippen molar-refractivity contribution in [1.29, 1.82) is 0 Å². The van der Waals surface area contributed by atoms with Crippen LogP contribution in [0.4, 0.5) is 5.95 Å². The maximum atomic E-state index is 4.47. The Kier molecular flexibility index (Phi) is 2.86. The van der Waals surface area contributed by atoms with Gasteiger partial charge < -0.3 is 10.6 Å².